The molecule has 0 aliphatic carbocycles. The maximum Gasteiger partial charge on any atom is 0.253 e. The molecule has 10 heteroatoms. The molecule has 0 bridgehead atoms. The lowest BCUT2D eigenvalue weighted by Crippen LogP contribution is -2.24. The zero-order valence-corrected chi connectivity index (χ0v) is 15.2. The van der Waals surface area contributed by atoms with Gasteiger partial charge in [-0.2, -0.15) is 0 Å². The number of carbonyl (C=O) groups excluding carboxylic acids is 1. The highest BCUT2D eigenvalue weighted by Crippen LogP contribution is 2.18. The van der Waals surface area contributed by atoms with E-state index < -0.39 is 21.7 Å². The topological polar surface area (TPSA) is 107 Å². The van der Waals surface area contributed by atoms with Gasteiger partial charge in [0.1, 0.15) is 5.82 Å². The van der Waals surface area contributed by atoms with Crippen molar-refractivity contribution in [3.05, 3.63) is 58.1 Å². The first kappa shape index (κ1) is 18.2. The molecule has 0 unspecified atom stereocenters. The molecule has 3 rings (SSSR count). The van der Waals surface area contributed by atoms with Gasteiger partial charge in [0.05, 0.1) is 21.5 Å². The van der Waals surface area contributed by atoms with Crippen LogP contribution in [0.5, 0.6) is 0 Å². The first-order valence-corrected chi connectivity index (χ1v) is 9.41. The molecule has 7 nitrogen and oxygen atoms in total. The van der Waals surface area contributed by atoms with E-state index in [1.165, 1.54) is 25.2 Å². The summed E-state index contributed by atoms with van der Waals surface area (Å²) in [6.45, 7) is 0.0784. The van der Waals surface area contributed by atoms with Crippen LogP contribution in [0, 0.1) is 10.6 Å². The molecular formula is C16H15FN4O3S2. The first-order valence-electron chi connectivity index (χ1n) is 7.52. The largest absolute Gasteiger partial charge is 0.348 e. The molecule has 0 saturated heterocycles. The zero-order valence-electron chi connectivity index (χ0n) is 13.6. The second-order valence-corrected chi connectivity index (χ2v) is 7.79. The van der Waals surface area contributed by atoms with Crippen LogP contribution in [0.1, 0.15) is 15.9 Å². The van der Waals surface area contributed by atoms with Crippen LogP contribution >= 0.6 is 12.2 Å². The molecule has 0 saturated carbocycles. The maximum absolute atomic E-state index is 13.7. The van der Waals surface area contributed by atoms with Crippen molar-refractivity contribution in [1.82, 2.24) is 20.0 Å². The summed E-state index contributed by atoms with van der Waals surface area (Å²) in [6, 6.07) is 8.52. The molecule has 0 atom stereocenters. The third kappa shape index (κ3) is 3.66. The Morgan fingerprint density at radius 3 is 2.73 bits per heavy atom. The average molecular weight is 394 g/mol. The van der Waals surface area contributed by atoms with E-state index in [2.05, 4.69) is 20.0 Å². The normalized spacial score (nSPS) is 11.6. The third-order valence-corrected chi connectivity index (χ3v) is 5.38. The van der Waals surface area contributed by atoms with Gasteiger partial charge in [-0.1, -0.05) is 12.1 Å². The lowest BCUT2D eigenvalue weighted by molar-refractivity contribution is 0.0952. The Balaban J connectivity index is 1.84. The minimum atomic E-state index is -3.58. The van der Waals surface area contributed by atoms with Crippen molar-refractivity contribution in [3.8, 4) is 0 Å². The van der Waals surface area contributed by atoms with Gasteiger partial charge < -0.3 is 15.3 Å². The van der Waals surface area contributed by atoms with Crippen LogP contribution in [0.2, 0.25) is 0 Å². The Hall–Kier alpha value is -2.56. The molecule has 0 aliphatic rings. The second kappa shape index (κ2) is 6.98. The quantitative estimate of drug-likeness (QED) is 0.498. The Morgan fingerprint density at radius 2 is 2.00 bits per heavy atom. The lowest BCUT2D eigenvalue weighted by Gasteiger charge is -2.08. The number of amides is 1. The number of aromatic amines is 2. The number of rotatable bonds is 5. The van der Waals surface area contributed by atoms with Gasteiger partial charge in [0.25, 0.3) is 5.91 Å². The van der Waals surface area contributed by atoms with E-state index in [4.69, 9.17) is 12.2 Å². The monoisotopic (exact) mass is 394 g/mol. The number of sulfonamides is 1. The Bertz CT molecular complexity index is 1150. The van der Waals surface area contributed by atoms with Gasteiger partial charge in [0.2, 0.25) is 10.0 Å². The summed E-state index contributed by atoms with van der Waals surface area (Å²) in [6.07, 6.45) is 0. The Labute approximate surface area is 153 Å². The van der Waals surface area contributed by atoms with Gasteiger partial charge in [-0.25, -0.2) is 17.5 Å². The number of hydrogen-bond donors (Lipinski definition) is 4. The lowest BCUT2D eigenvalue weighted by atomic mass is 10.1. The third-order valence-electron chi connectivity index (χ3n) is 3.77. The molecule has 3 aromatic rings. The van der Waals surface area contributed by atoms with E-state index in [1.807, 2.05) is 0 Å². The minimum Gasteiger partial charge on any atom is -0.348 e. The number of halogens is 1. The summed E-state index contributed by atoms with van der Waals surface area (Å²) in [7, 11) is -2.26. The van der Waals surface area contributed by atoms with Crippen molar-refractivity contribution in [3.63, 3.8) is 0 Å². The van der Waals surface area contributed by atoms with E-state index in [9.17, 15) is 17.6 Å². The van der Waals surface area contributed by atoms with Gasteiger partial charge in [0, 0.05) is 6.54 Å². The van der Waals surface area contributed by atoms with E-state index >= 15 is 0 Å². The van der Waals surface area contributed by atoms with Crippen molar-refractivity contribution in [2.45, 2.75) is 11.4 Å². The predicted molar refractivity (Wildman–Crippen MR) is 97.3 cm³/mol. The number of benzene rings is 2. The highest BCUT2D eigenvalue weighted by Gasteiger charge is 2.15. The fourth-order valence-electron chi connectivity index (χ4n) is 2.50. The van der Waals surface area contributed by atoms with Crippen LogP contribution < -0.4 is 10.0 Å². The fourth-order valence-corrected chi connectivity index (χ4v) is 3.52. The van der Waals surface area contributed by atoms with Crippen LogP contribution in [-0.2, 0) is 16.6 Å². The molecule has 0 radical (unpaired) electrons. The van der Waals surface area contributed by atoms with E-state index in [-0.39, 0.29) is 21.8 Å². The highest BCUT2D eigenvalue weighted by molar-refractivity contribution is 7.89. The van der Waals surface area contributed by atoms with E-state index in [0.29, 0.717) is 16.6 Å². The van der Waals surface area contributed by atoms with E-state index in [0.717, 1.165) is 6.07 Å². The van der Waals surface area contributed by atoms with Gasteiger partial charge in [-0.3, -0.25) is 4.79 Å². The van der Waals surface area contributed by atoms with Crippen LogP contribution in [-0.4, -0.2) is 31.3 Å². The number of hydrogen-bond acceptors (Lipinski definition) is 4. The number of aromatic nitrogens is 2. The summed E-state index contributed by atoms with van der Waals surface area (Å²) in [5.74, 6) is -1.09. The standard InChI is InChI=1S/C16H15FN4O3S2/c1-18-26(23,24)11-4-2-3-9(5-11)8-19-15(22)12-6-10(17)7-13-14(12)21-16(25)20-13/h2-7,18H,8H2,1H3,(H,19,22)(H2,20,21,25). The van der Waals surface area contributed by atoms with Gasteiger partial charge in [-0.15, -0.1) is 0 Å². The molecular weight excluding hydrogens is 379 g/mol. The Morgan fingerprint density at radius 1 is 1.23 bits per heavy atom. The van der Waals surface area contributed by atoms with Gasteiger partial charge in [-0.05, 0) is 49.1 Å². The van der Waals surface area contributed by atoms with Crippen molar-refractivity contribution in [1.29, 1.82) is 0 Å². The Kier molecular flexibility index (Phi) is 4.90. The number of fused-ring (bicyclic) bond motifs is 1. The van der Waals surface area contributed by atoms with Crippen LogP contribution in [0.15, 0.2) is 41.3 Å². The smallest absolute Gasteiger partial charge is 0.253 e. The second-order valence-electron chi connectivity index (χ2n) is 5.49. The molecule has 0 fully saturated rings. The van der Waals surface area contributed by atoms with Gasteiger partial charge in [0.15, 0.2) is 4.77 Å². The van der Waals surface area contributed by atoms with Crippen LogP contribution in [0.25, 0.3) is 11.0 Å². The van der Waals surface area contributed by atoms with Gasteiger partial charge >= 0.3 is 0 Å². The number of carbonyl (C=O) groups is 1. The van der Waals surface area contributed by atoms with Crippen molar-refractivity contribution < 1.29 is 17.6 Å². The maximum atomic E-state index is 13.7. The molecule has 1 aromatic heterocycles. The molecule has 1 heterocycles. The number of imidazole rings is 1. The molecule has 0 aliphatic heterocycles. The zero-order chi connectivity index (χ0) is 18.9. The average Bonchev–Trinajstić information content (AvgIpc) is 2.99. The SMILES string of the molecule is CNS(=O)(=O)c1cccc(CNC(=O)c2cc(F)cc3[nH]c(=S)[nH]c23)c1. The number of nitrogens with one attached hydrogen (secondary N) is 4. The summed E-state index contributed by atoms with van der Waals surface area (Å²) < 4.78 is 39.9. The van der Waals surface area contributed by atoms with Crippen LogP contribution in [0.3, 0.4) is 0 Å². The molecule has 2 aromatic carbocycles. The summed E-state index contributed by atoms with van der Waals surface area (Å²) in [4.78, 5) is 18.1. The van der Waals surface area contributed by atoms with Crippen molar-refractivity contribution in [2.24, 2.45) is 0 Å². The molecule has 136 valence electrons. The molecule has 1 amide bonds. The van der Waals surface area contributed by atoms with E-state index in [1.54, 1.807) is 12.1 Å². The minimum absolute atomic E-state index is 0.0784. The fraction of sp³-hybridized carbons (Fsp3) is 0.125. The van der Waals surface area contributed by atoms with Crippen LogP contribution in [0.4, 0.5) is 4.39 Å². The summed E-state index contributed by atoms with van der Waals surface area (Å²) in [5, 5.41) is 2.65. The molecule has 0 spiro atoms. The molecule has 26 heavy (non-hydrogen) atoms. The van der Waals surface area contributed by atoms with Crippen molar-refractivity contribution in [2.75, 3.05) is 7.05 Å². The van der Waals surface area contributed by atoms with Crippen molar-refractivity contribution >= 4 is 39.2 Å². The summed E-state index contributed by atoms with van der Waals surface area (Å²) in [5.41, 5.74) is 1.48. The number of H-pyrrole nitrogens is 2. The first-order chi connectivity index (χ1) is 12.3. The summed E-state index contributed by atoms with van der Waals surface area (Å²) >= 11 is 4.98. The predicted octanol–water partition coefficient (Wildman–Crippen LogP) is 2.20. The molecule has 4 N–H and O–H groups in total. The highest BCUT2D eigenvalue weighted by atomic mass is 32.2.